The van der Waals surface area contributed by atoms with Gasteiger partial charge in [0.15, 0.2) is 0 Å². The maximum Gasteiger partial charge on any atom is 0.445 e. The second-order valence-electron chi connectivity index (χ2n) is 4.24. The van der Waals surface area contributed by atoms with E-state index in [1.807, 2.05) is 0 Å². The molecule has 18 heteroatoms. The van der Waals surface area contributed by atoms with Crippen LogP contribution in [0.4, 0.5) is 61.5 Å². The average molecular weight is 447 g/mol. The summed E-state index contributed by atoms with van der Waals surface area (Å²) < 4.78 is 179. The zero-order valence-electron chi connectivity index (χ0n) is 10.9. The van der Waals surface area contributed by atoms with E-state index in [1.165, 1.54) is 0 Å². The number of carboxylic acid groups (broad SMARTS) is 1. The minimum Gasteiger partial charge on any atom is -0.477 e. The Balaban J connectivity index is 6.40. The number of hydrogen-bond donors (Lipinski definition) is 1. The number of alkyl halides is 15. The highest BCUT2D eigenvalue weighted by Gasteiger charge is 2.92. The number of ether oxygens (including phenoxy) is 1. The summed E-state index contributed by atoms with van der Waals surface area (Å²) in [7, 11) is 0. The topological polar surface area (TPSA) is 46.5 Å². The predicted octanol–water partition coefficient (Wildman–Crippen LogP) is 4.65. The van der Waals surface area contributed by atoms with Gasteiger partial charge in [-0.05, 0) is 11.6 Å². The van der Waals surface area contributed by atoms with E-state index in [1.54, 1.807) is 4.74 Å². The molecule has 0 aliphatic carbocycles. The second-order valence-corrected chi connectivity index (χ2v) is 4.68. The lowest BCUT2D eigenvalue weighted by molar-refractivity contribution is -0.476. The first-order valence-corrected chi connectivity index (χ1v) is 5.55. The zero-order chi connectivity index (χ0) is 21.8. The van der Waals surface area contributed by atoms with Gasteiger partial charge in [0.05, 0.1) is 0 Å². The van der Waals surface area contributed by atoms with Gasteiger partial charge in [0.25, 0.3) is 0 Å². The first-order valence-electron chi connectivity index (χ1n) is 5.17. The molecule has 0 fully saturated rings. The second kappa shape index (κ2) is 6.13. The fraction of sp³-hybridized carbons (Fsp3) is 0.875. The molecule has 0 aliphatic heterocycles. The molecule has 0 saturated carbocycles. The van der Waals surface area contributed by atoms with Crippen molar-refractivity contribution in [1.82, 2.24) is 0 Å². The van der Waals surface area contributed by atoms with Crippen molar-refractivity contribution >= 4 is 17.6 Å². The minimum atomic E-state index is -8.26. The van der Waals surface area contributed by atoms with E-state index in [0.29, 0.717) is 0 Å². The number of carbonyl (C=O) groups is 1. The molecule has 156 valence electrons. The predicted molar refractivity (Wildman–Crippen MR) is 49.2 cm³/mol. The van der Waals surface area contributed by atoms with Crippen LogP contribution in [0, 0.1) is 0 Å². The molecule has 0 spiro atoms. The van der Waals surface area contributed by atoms with Crippen LogP contribution in [-0.2, 0) is 9.53 Å². The maximum atomic E-state index is 13.0. The standard InChI is InChI=1S/C8HClF14O3/c9-8(22,23)26-7(20,21)6(18,19)5(16,17)4(14,15)3(12,13)2(10,11)1(24)25/h(H,24,25). The molecule has 0 aromatic rings. The summed E-state index contributed by atoms with van der Waals surface area (Å²) in [6.07, 6.45) is -7.42. The third-order valence-electron chi connectivity index (χ3n) is 2.46. The summed E-state index contributed by atoms with van der Waals surface area (Å²) in [5.41, 5.74) is -5.92. The highest BCUT2D eigenvalue weighted by molar-refractivity contribution is 6.20. The highest BCUT2D eigenvalue weighted by atomic mass is 35.5. The van der Waals surface area contributed by atoms with Gasteiger partial charge in [-0.15, -0.1) is 0 Å². The van der Waals surface area contributed by atoms with Crippen LogP contribution in [-0.4, -0.2) is 52.4 Å². The van der Waals surface area contributed by atoms with Gasteiger partial charge in [0.2, 0.25) is 0 Å². The molecule has 3 nitrogen and oxygen atoms in total. The Kier molecular flexibility index (Phi) is 5.84. The molecule has 0 atom stereocenters. The van der Waals surface area contributed by atoms with Crippen molar-refractivity contribution in [3.8, 4) is 0 Å². The van der Waals surface area contributed by atoms with Gasteiger partial charge in [-0.25, -0.2) is 9.53 Å². The molecule has 0 saturated heterocycles. The molecule has 0 aliphatic rings. The summed E-state index contributed by atoms with van der Waals surface area (Å²) in [6, 6.07) is 0. The summed E-state index contributed by atoms with van der Waals surface area (Å²) in [5, 5.41) is 7.64. The lowest BCUT2D eigenvalue weighted by atomic mass is 9.94. The molecule has 0 bridgehead atoms. The van der Waals surface area contributed by atoms with Crippen LogP contribution in [0.25, 0.3) is 0 Å². The van der Waals surface area contributed by atoms with E-state index in [0.717, 1.165) is 0 Å². The van der Waals surface area contributed by atoms with Crippen molar-refractivity contribution < 1.29 is 76.1 Å². The van der Waals surface area contributed by atoms with Gasteiger partial charge >= 0.3 is 47.3 Å². The molecule has 0 unspecified atom stereocenters. The Morgan fingerprint density at radius 1 is 0.654 bits per heavy atom. The van der Waals surface area contributed by atoms with E-state index in [2.05, 4.69) is 11.6 Å². The number of aliphatic carboxylic acids is 1. The largest absolute Gasteiger partial charge is 0.477 e. The molecule has 1 N–H and O–H groups in total. The average Bonchev–Trinajstić information content (AvgIpc) is 2.34. The Bertz CT molecular complexity index is 553. The Labute approximate surface area is 136 Å². The van der Waals surface area contributed by atoms with Crippen molar-refractivity contribution in [2.45, 2.75) is 41.3 Å². The molecular weight excluding hydrogens is 446 g/mol. The van der Waals surface area contributed by atoms with Crippen molar-refractivity contribution in [3.05, 3.63) is 0 Å². The monoisotopic (exact) mass is 446 g/mol. The SMILES string of the molecule is O=C(O)C(F)(F)C(F)(F)C(F)(F)C(F)(F)C(F)(F)C(F)(F)OC(F)(F)Cl. The fourth-order valence-corrected chi connectivity index (χ4v) is 1.21. The van der Waals surface area contributed by atoms with Crippen LogP contribution in [0.2, 0.25) is 0 Å². The van der Waals surface area contributed by atoms with E-state index < -0.39 is 47.3 Å². The van der Waals surface area contributed by atoms with Gasteiger partial charge in [-0.1, -0.05) is 0 Å². The molecular formula is C8HClF14O3. The van der Waals surface area contributed by atoms with E-state index in [4.69, 9.17) is 5.11 Å². The first kappa shape index (κ1) is 24.7. The molecule has 0 aromatic heterocycles. The number of hydrogen-bond acceptors (Lipinski definition) is 2. The van der Waals surface area contributed by atoms with Crippen LogP contribution >= 0.6 is 11.6 Å². The van der Waals surface area contributed by atoms with Crippen LogP contribution in [0.15, 0.2) is 0 Å². The van der Waals surface area contributed by atoms with Crippen molar-refractivity contribution in [2.75, 3.05) is 0 Å². The lowest BCUT2D eigenvalue weighted by Crippen LogP contribution is -2.72. The maximum absolute atomic E-state index is 13.0. The van der Waals surface area contributed by atoms with Crippen LogP contribution in [0.5, 0.6) is 0 Å². The first-order chi connectivity index (χ1) is 10.9. The lowest BCUT2D eigenvalue weighted by Gasteiger charge is -2.40. The van der Waals surface area contributed by atoms with E-state index in [-0.39, 0.29) is 0 Å². The minimum absolute atomic E-state index is 1.60. The number of carboxylic acids is 1. The molecule has 0 rings (SSSR count). The van der Waals surface area contributed by atoms with Gasteiger partial charge in [-0.3, -0.25) is 0 Å². The van der Waals surface area contributed by atoms with Crippen molar-refractivity contribution in [3.63, 3.8) is 0 Å². The molecule has 0 amide bonds. The summed E-state index contributed by atoms with van der Waals surface area (Å²) in [5.74, 6) is -43.8. The van der Waals surface area contributed by atoms with Crippen LogP contribution in [0.1, 0.15) is 0 Å². The summed E-state index contributed by atoms with van der Waals surface area (Å²) in [4.78, 5) is 9.79. The normalized spacial score (nSPS) is 16.0. The molecule has 26 heavy (non-hydrogen) atoms. The van der Waals surface area contributed by atoms with Gasteiger partial charge < -0.3 is 5.11 Å². The van der Waals surface area contributed by atoms with E-state index in [9.17, 15) is 66.3 Å². The van der Waals surface area contributed by atoms with Gasteiger partial charge in [-0.2, -0.15) is 61.5 Å². The molecule has 0 aromatic carbocycles. The summed E-state index contributed by atoms with van der Waals surface area (Å²) >= 11 is 3.54. The third-order valence-corrected chi connectivity index (χ3v) is 2.53. The van der Waals surface area contributed by atoms with Crippen molar-refractivity contribution in [2.24, 2.45) is 0 Å². The van der Waals surface area contributed by atoms with Gasteiger partial charge in [0.1, 0.15) is 0 Å². The Hall–Kier alpha value is -1.26. The van der Waals surface area contributed by atoms with Crippen molar-refractivity contribution in [1.29, 1.82) is 0 Å². The van der Waals surface area contributed by atoms with E-state index >= 15 is 0 Å². The highest BCUT2D eigenvalue weighted by Crippen LogP contribution is 2.60. The summed E-state index contributed by atoms with van der Waals surface area (Å²) in [6.45, 7) is 0. The third kappa shape index (κ3) is 3.46. The molecule has 0 heterocycles. The van der Waals surface area contributed by atoms with Crippen LogP contribution in [0.3, 0.4) is 0 Å². The zero-order valence-corrected chi connectivity index (χ0v) is 11.7. The Morgan fingerprint density at radius 2 is 0.962 bits per heavy atom. The number of halogens is 15. The van der Waals surface area contributed by atoms with Gasteiger partial charge in [0, 0.05) is 0 Å². The Morgan fingerprint density at radius 3 is 1.23 bits per heavy atom. The van der Waals surface area contributed by atoms with Crippen LogP contribution < -0.4 is 0 Å². The smallest absolute Gasteiger partial charge is 0.445 e. The fourth-order valence-electron chi connectivity index (χ4n) is 1.12. The number of rotatable bonds is 8. The molecule has 0 radical (unpaired) electrons. The quantitative estimate of drug-likeness (QED) is 0.436.